The molecule has 0 radical (unpaired) electrons. The molecule has 0 fully saturated rings. The van der Waals surface area contributed by atoms with Crippen LogP contribution < -0.4 is 0 Å². The van der Waals surface area contributed by atoms with E-state index in [0.717, 1.165) is 0 Å². The van der Waals surface area contributed by atoms with E-state index >= 15 is 0 Å². The summed E-state index contributed by atoms with van der Waals surface area (Å²) in [5.41, 5.74) is 0. The maximum atomic E-state index is 10.7. The van der Waals surface area contributed by atoms with Crippen molar-refractivity contribution < 1.29 is 4.79 Å². The zero-order valence-corrected chi connectivity index (χ0v) is 18.5. The lowest BCUT2D eigenvalue weighted by Crippen LogP contribution is -2.31. The number of rotatable bonds is 0. The Bertz CT molecular complexity index is 448. The molecule has 0 aliphatic rings. The summed E-state index contributed by atoms with van der Waals surface area (Å²) < 4.78 is -4.35. The quantitative estimate of drug-likeness (QED) is 0.179. The monoisotopic (exact) mass is 544 g/mol. The maximum absolute atomic E-state index is 10.7. The van der Waals surface area contributed by atoms with E-state index in [2.05, 4.69) is 0 Å². The summed E-state index contributed by atoms with van der Waals surface area (Å²) in [7, 11) is 0. The van der Waals surface area contributed by atoms with Gasteiger partial charge in [-0.2, -0.15) is 0 Å². The van der Waals surface area contributed by atoms with Gasteiger partial charge in [-0.1, -0.05) is 139 Å². The number of hydrogen-bond donors (Lipinski definition) is 0. The summed E-state index contributed by atoms with van der Waals surface area (Å²) in [6.45, 7) is 0. The van der Waals surface area contributed by atoms with Gasteiger partial charge in [0.15, 0.2) is 0 Å². The van der Waals surface area contributed by atoms with Gasteiger partial charge in [0.25, 0.3) is 7.59 Å². The molecule has 0 unspecified atom stereocenters. The second-order valence-electron chi connectivity index (χ2n) is 3.21. The second kappa shape index (κ2) is 9.35. The van der Waals surface area contributed by atoms with Crippen molar-refractivity contribution in [3.8, 4) is 0 Å². The smallest absolute Gasteiger partial charge is 0.253 e. The zero-order valence-electron chi connectivity index (χ0n) is 9.44. The molecular weight excluding hydrogens is 550 g/mol. The third-order valence-corrected chi connectivity index (χ3v) is 5.55. The van der Waals surface area contributed by atoms with Crippen molar-refractivity contribution in [3.05, 3.63) is 30.1 Å². The van der Waals surface area contributed by atoms with Crippen molar-refractivity contribution >= 4 is 145 Å². The molecule has 0 N–H and O–H groups in total. The molecule has 0 bridgehead atoms. The predicted octanol–water partition coefficient (Wildman–Crippen LogP) is 8.90. The topological polar surface area (TPSA) is 17.1 Å². The first-order valence-corrected chi connectivity index (χ1v) is 9.01. The van der Waals surface area contributed by atoms with Crippen molar-refractivity contribution in [2.45, 2.75) is 7.59 Å². The van der Waals surface area contributed by atoms with Gasteiger partial charge >= 0.3 is 0 Å². The van der Waals surface area contributed by atoms with E-state index < -0.39 is 13.4 Å². The van der Waals surface area contributed by atoms with E-state index in [4.69, 9.17) is 139 Å². The molecule has 0 aliphatic carbocycles. The number of carbonyl (C=O) groups is 1. The Hall–Kier alpha value is 2.37. The van der Waals surface area contributed by atoms with E-state index in [1.165, 1.54) is 0 Å². The molecule has 1 nitrogen and oxygen atoms in total. The lowest BCUT2D eigenvalue weighted by Gasteiger charge is -2.14. The van der Waals surface area contributed by atoms with Crippen LogP contribution >= 0.6 is 139 Å². The van der Waals surface area contributed by atoms with Crippen molar-refractivity contribution in [1.29, 1.82) is 0 Å². The first-order valence-electron chi connectivity index (χ1n) is 4.47. The number of alkyl halides is 6. The molecule has 0 aliphatic heterocycles. The second-order valence-corrected chi connectivity index (χ2v) is 10.0. The molecule has 1 aromatic carbocycles. The average molecular weight is 550 g/mol. The van der Waals surface area contributed by atoms with Crippen LogP contribution in [-0.2, 0) is 4.79 Å². The fourth-order valence-corrected chi connectivity index (χ4v) is 3.45. The number of benzene rings is 1. The molecule has 0 amide bonds. The Morgan fingerprint density at radius 2 is 0.636 bits per heavy atom. The third kappa shape index (κ3) is 6.94. The van der Waals surface area contributed by atoms with Crippen LogP contribution in [0.1, 0.15) is 0 Å². The molecule has 0 saturated carbocycles. The number of carbonyl (C=O) groups excluding carboxylic acids is 1. The first kappa shape index (κ1) is 24.4. The van der Waals surface area contributed by atoms with E-state index in [1.807, 2.05) is 0 Å². The predicted molar refractivity (Wildman–Crippen MR) is 102 cm³/mol. The highest BCUT2D eigenvalue weighted by Crippen LogP contribution is 2.46. The Labute approximate surface area is 185 Å². The minimum Gasteiger partial charge on any atom is -0.290 e. The Morgan fingerprint density at radius 3 is 0.682 bits per heavy atom. The molecule has 0 saturated heterocycles. The largest absolute Gasteiger partial charge is 0.290 e. The highest BCUT2D eigenvalue weighted by Gasteiger charge is 2.44. The van der Waals surface area contributed by atoms with Crippen LogP contribution in [0.2, 0.25) is 30.1 Å². The summed E-state index contributed by atoms with van der Waals surface area (Å²) in [5, 5.41) is 0.654. The van der Waals surface area contributed by atoms with Crippen molar-refractivity contribution in [2.24, 2.45) is 0 Å². The SMILES string of the molecule is Clc1c(Cl)c(Cl)c(Cl)c(Cl)c1Cl.O=C(C(Cl)(Cl)Cl)C(Cl)(Cl)Cl. The number of ketones is 1. The van der Waals surface area contributed by atoms with Gasteiger partial charge in [-0.3, -0.25) is 4.79 Å². The van der Waals surface area contributed by atoms with Crippen LogP contribution in [0.4, 0.5) is 0 Å². The van der Waals surface area contributed by atoms with Gasteiger partial charge < -0.3 is 0 Å². The lowest BCUT2D eigenvalue weighted by molar-refractivity contribution is -0.117. The summed E-state index contributed by atoms with van der Waals surface area (Å²) >= 11 is 64.6. The summed E-state index contributed by atoms with van der Waals surface area (Å²) in [5.74, 6) is -1.09. The standard InChI is InChI=1S/C6Cl6.C3Cl6O/c7-1-2(8)4(10)6(12)5(11)3(1)9;4-2(5,6)1(10)3(7,8)9. The third-order valence-electron chi connectivity index (χ3n) is 1.67. The number of hydrogen-bond acceptors (Lipinski definition) is 1. The van der Waals surface area contributed by atoms with E-state index in [1.54, 1.807) is 0 Å². The maximum Gasteiger partial charge on any atom is 0.253 e. The molecule has 126 valence electrons. The Kier molecular flexibility index (Phi) is 10.4. The van der Waals surface area contributed by atoms with Gasteiger partial charge in [0.2, 0.25) is 5.78 Å². The normalized spacial score (nSPS) is 11.8. The van der Waals surface area contributed by atoms with E-state index in [-0.39, 0.29) is 30.1 Å². The average Bonchev–Trinajstić information content (AvgIpc) is 2.38. The molecule has 0 spiro atoms. The van der Waals surface area contributed by atoms with E-state index in [9.17, 15) is 4.79 Å². The van der Waals surface area contributed by atoms with Gasteiger partial charge in [0, 0.05) is 0 Å². The summed E-state index contributed by atoms with van der Waals surface area (Å²) in [6, 6.07) is 0. The van der Waals surface area contributed by atoms with Gasteiger partial charge in [0.05, 0.1) is 30.1 Å². The van der Waals surface area contributed by atoms with Crippen LogP contribution in [0.5, 0.6) is 0 Å². The molecule has 1 aromatic rings. The van der Waals surface area contributed by atoms with Crippen LogP contribution in [0.3, 0.4) is 0 Å². The molecule has 0 aromatic heterocycles. The lowest BCUT2D eigenvalue weighted by atomic mass is 10.3. The highest BCUT2D eigenvalue weighted by molar-refractivity contribution is 6.86. The van der Waals surface area contributed by atoms with Gasteiger partial charge in [-0.05, 0) is 0 Å². The molecule has 22 heavy (non-hydrogen) atoms. The van der Waals surface area contributed by atoms with Crippen LogP contribution in [0.15, 0.2) is 0 Å². The van der Waals surface area contributed by atoms with E-state index in [0.29, 0.717) is 0 Å². The summed E-state index contributed by atoms with van der Waals surface area (Å²) in [6.07, 6.45) is 0. The van der Waals surface area contributed by atoms with Gasteiger partial charge in [-0.15, -0.1) is 0 Å². The first-order chi connectivity index (χ1) is 9.62. The van der Waals surface area contributed by atoms with Crippen molar-refractivity contribution in [3.63, 3.8) is 0 Å². The molecule has 0 heterocycles. The Morgan fingerprint density at radius 1 is 0.500 bits per heavy atom. The molecule has 13 heteroatoms. The number of Topliss-reactive ketones (excluding diaryl/α,β-unsaturated/α-hetero) is 1. The van der Waals surface area contributed by atoms with Crippen molar-refractivity contribution in [2.75, 3.05) is 0 Å². The highest BCUT2D eigenvalue weighted by atomic mass is 35.6. The fraction of sp³-hybridized carbons (Fsp3) is 0.222. The zero-order chi connectivity index (χ0) is 18.0. The van der Waals surface area contributed by atoms with Crippen LogP contribution in [0, 0.1) is 0 Å². The number of halogens is 12. The van der Waals surface area contributed by atoms with Gasteiger partial charge in [0.1, 0.15) is 0 Å². The minimum atomic E-state index is -2.18. The van der Waals surface area contributed by atoms with Crippen LogP contribution in [0.25, 0.3) is 0 Å². The molecule has 0 atom stereocenters. The van der Waals surface area contributed by atoms with Crippen LogP contribution in [-0.4, -0.2) is 13.4 Å². The van der Waals surface area contributed by atoms with Gasteiger partial charge in [-0.25, -0.2) is 0 Å². The van der Waals surface area contributed by atoms with Crippen molar-refractivity contribution in [1.82, 2.24) is 0 Å². The Balaban J connectivity index is 0.000000409. The molecular formula is C9Cl12O. The molecule has 1 rings (SSSR count). The minimum absolute atomic E-state index is 0.109. The summed E-state index contributed by atoms with van der Waals surface area (Å²) in [4.78, 5) is 10.7. The fourth-order valence-electron chi connectivity index (χ4n) is 0.739.